The molecule has 1 aliphatic carbocycles. The van der Waals surface area contributed by atoms with E-state index >= 15 is 0 Å². The summed E-state index contributed by atoms with van der Waals surface area (Å²) in [6.07, 6.45) is 2.70. The van der Waals surface area contributed by atoms with Gasteiger partial charge in [0.25, 0.3) is 0 Å². The summed E-state index contributed by atoms with van der Waals surface area (Å²) in [6.45, 7) is 2.13. The first-order valence-corrected chi connectivity index (χ1v) is 7.06. The fourth-order valence-corrected chi connectivity index (χ4v) is 2.77. The van der Waals surface area contributed by atoms with E-state index in [1.165, 1.54) is 16.7 Å². The summed E-state index contributed by atoms with van der Waals surface area (Å²) in [4.78, 5) is 11.5. The Kier molecular flexibility index (Phi) is 3.09. The van der Waals surface area contributed by atoms with Gasteiger partial charge in [0.15, 0.2) is 0 Å². The minimum atomic E-state index is -0.374. The molecule has 0 radical (unpaired) electrons. The van der Waals surface area contributed by atoms with E-state index in [2.05, 4.69) is 55.5 Å². The van der Waals surface area contributed by atoms with E-state index in [9.17, 15) is 4.79 Å². The Bertz CT molecular complexity index is 639. The Morgan fingerprint density at radius 1 is 1.10 bits per heavy atom. The minimum absolute atomic E-state index is 0.191. The molecule has 0 aliphatic heterocycles. The molecule has 2 heteroatoms. The normalized spacial score (nSPS) is 15.8. The van der Waals surface area contributed by atoms with Crippen LogP contribution in [0.5, 0.6) is 0 Å². The molecule has 2 aromatic carbocycles. The topological polar surface area (TPSA) is 43.1 Å². The van der Waals surface area contributed by atoms with Gasteiger partial charge in [-0.25, -0.2) is 0 Å². The number of rotatable bonds is 4. The first-order chi connectivity index (χ1) is 9.62. The van der Waals surface area contributed by atoms with Crippen LogP contribution in [0.4, 0.5) is 0 Å². The van der Waals surface area contributed by atoms with Crippen molar-refractivity contribution in [3.05, 3.63) is 70.8 Å². The molecule has 2 aromatic rings. The smallest absolute Gasteiger partial charge is 0.228 e. The molecule has 0 bridgehead atoms. The highest BCUT2D eigenvalue weighted by Crippen LogP contribution is 2.47. The molecule has 0 spiro atoms. The SMILES string of the molecule is Cc1ccccc1Cc1ccc(C2(C(N)=O)CC2)cc1. The first kappa shape index (κ1) is 12.9. The van der Waals surface area contributed by atoms with Gasteiger partial charge in [-0.1, -0.05) is 48.5 Å². The van der Waals surface area contributed by atoms with Crippen molar-refractivity contribution in [1.82, 2.24) is 0 Å². The summed E-state index contributed by atoms with van der Waals surface area (Å²) in [6, 6.07) is 16.8. The molecule has 1 fully saturated rings. The van der Waals surface area contributed by atoms with E-state index < -0.39 is 0 Å². The van der Waals surface area contributed by atoms with Crippen LogP contribution < -0.4 is 5.73 Å². The number of hydrogen-bond donors (Lipinski definition) is 1. The Labute approximate surface area is 119 Å². The van der Waals surface area contributed by atoms with Gasteiger partial charge in [0, 0.05) is 0 Å². The number of aryl methyl sites for hydroxylation is 1. The maximum absolute atomic E-state index is 11.5. The van der Waals surface area contributed by atoms with E-state index in [0.717, 1.165) is 24.8 Å². The predicted molar refractivity (Wildman–Crippen MR) is 80.5 cm³/mol. The summed E-state index contributed by atoms with van der Waals surface area (Å²) in [5.74, 6) is -0.191. The van der Waals surface area contributed by atoms with Crippen LogP contribution in [0.3, 0.4) is 0 Å². The molecule has 1 amide bonds. The van der Waals surface area contributed by atoms with Crippen molar-refractivity contribution in [2.24, 2.45) is 5.73 Å². The summed E-state index contributed by atoms with van der Waals surface area (Å²) >= 11 is 0. The molecule has 0 aromatic heterocycles. The zero-order valence-corrected chi connectivity index (χ0v) is 11.7. The second-order valence-electron chi connectivity index (χ2n) is 5.75. The number of hydrogen-bond acceptors (Lipinski definition) is 1. The summed E-state index contributed by atoms with van der Waals surface area (Å²) in [7, 11) is 0. The van der Waals surface area contributed by atoms with Gasteiger partial charge >= 0.3 is 0 Å². The van der Waals surface area contributed by atoms with E-state index in [-0.39, 0.29) is 11.3 Å². The van der Waals surface area contributed by atoms with Crippen molar-refractivity contribution in [1.29, 1.82) is 0 Å². The lowest BCUT2D eigenvalue weighted by Gasteiger charge is -2.12. The molecule has 1 saturated carbocycles. The highest BCUT2D eigenvalue weighted by Gasteiger charge is 2.49. The van der Waals surface area contributed by atoms with Crippen LogP contribution in [0.2, 0.25) is 0 Å². The fourth-order valence-electron chi connectivity index (χ4n) is 2.77. The lowest BCUT2D eigenvalue weighted by Crippen LogP contribution is -2.28. The average Bonchev–Trinajstić information content (AvgIpc) is 3.24. The van der Waals surface area contributed by atoms with Gasteiger partial charge in [0.1, 0.15) is 0 Å². The molecule has 1 aliphatic rings. The second kappa shape index (κ2) is 4.78. The molecule has 102 valence electrons. The molecule has 2 nitrogen and oxygen atoms in total. The molecule has 0 atom stereocenters. The summed E-state index contributed by atoms with van der Waals surface area (Å²) in [5.41, 5.74) is 10.1. The molecular weight excluding hydrogens is 246 g/mol. The number of benzene rings is 2. The van der Waals surface area contributed by atoms with Gasteiger partial charge in [-0.2, -0.15) is 0 Å². The maximum Gasteiger partial charge on any atom is 0.228 e. The van der Waals surface area contributed by atoms with Crippen molar-refractivity contribution in [2.45, 2.75) is 31.6 Å². The van der Waals surface area contributed by atoms with E-state index in [4.69, 9.17) is 5.73 Å². The lowest BCUT2D eigenvalue weighted by atomic mass is 9.93. The molecule has 0 heterocycles. The largest absolute Gasteiger partial charge is 0.369 e. The third kappa shape index (κ3) is 2.22. The highest BCUT2D eigenvalue weighted by atomic mass is 16.1. The Morgan fingerprint density at radius 3 is 2.30 bits per heavy atom. The predicted octanol–water partition coefficient (Wildman–Crippen LogP) is 3.10. The van der Waals surface area contributed by atoms with Crippen LogP contribution >= 0.6 is 0 Å². The van der Waals surface area contributed by atoms with Gasteiger partial charge in [0.05, 0.1) is 5.41 Å². The van der Waals surface area contributed by atoms with Crippen molar-refractivity contribution in [3.8, 4) is 0 Å². The van der Waals surface area contributed by atoms with Crippen molar-refractivity contribution >= 4 is 5.91 Å². The highest BCUT2D eigenvalue weighted by molar-refractivity contribution is 5.89. The monoisotopic (exact) mass is 265 g/mol. The number of carbonyl (C=O) groups excluding carboxylic acids is 1. The van der Waals surface area contributed by atoms with Crippen LogP contribution in [0.25, 0.3) is 0 Å². The zero-order chi connectivity index (χ0) is 14.2. The van der Waals surface area contributed by atoms with Gasteiger partial charge in [0.2, 0.25) is 5.91 Å². The molecule has 2 N–H and O–H groups in total. The molecule has 0 saturated heterocycles. The molecule has 3 rings (SSSR count). The molecular formula is C18H19NO. The minimum Gasteiger partial charge on any atom is -0.369 e. The van der Waals surface area contributed by atoms with Gasteiger partial charge in [-0.15, -0.1) is 0 Å². The Balaban J connectivity index is 1.81. The Hall–Kier alpha value is -2.09. The summed E-state index contributed by atoms with van der Waals surface area (Å²) < 4.78 is 0. The van der Waals surface area contributed by atoms with Crippen molar-refractivity contribution < 1.29 is 4.79 Å². The van der Waals surface area contributed by atoms with Crippen LogP contribution in [0.15, 0.2) is 48.5 Å². The standard InChI is InChI=1S/C18H19NO/c1-13-4-2-3-5-15(13)12-14-6-8-16(9-7-14)18(10-11-18)17(19)20/h2-9H,10-12H2,1H3,(H2,19,20). The van der Waals surface area contributed by atoms with Crippen LogP contribution in [-0.4, -0.2) is 5.91 Å². The van der Waals surface area contributed by atoms with Crippen LogP contribution in [0.1, 0.15) is 35.1 Å². The number of carbonyl (C=O) groups is 1. The lowest BCUT2D eigenvalue weighted by molar-refractivity contribution is -0.120. The van der Waals surface area contributed by atoms with Crippen molar-refractivity contribution in [3.63, 3.8) is 0 Å². The van der Waals surface area contributed by atoms with Gasteiger partial charge in [-0.3, -0.25) is 4.79 Å². The Morgan fingerprint density at radius 2 is 1.75 bits per heavy atom. The number of primary amides is 1. The quantitative estimate of drug-likeness (QED) is 0.907. The van der Waals surface area contributed by atoms with E-state index in [0.29, 0.717) is 0 Å². The number of amides is 1. The van der Waals surface area contributed by atoms with Crippen molar-refractivity contribution in [2.75, 3.05) is 0 Å². The third-order valence-corrected chi connectivity index (χ3v) is 4.38. The third-order valence-electron chi connectivity index (χ3n) is 4.38. The van der Waals surface area contributed by atoms with Crippen LogP contribution in [-0.2, 0) is 16.6 Å². The molecule has 20 heavy (non-hydrogen) atoms. The van der Waals surface area contributed by atoms with E-state index in [1.54, 1.807) is 0 Å². The maximum atomic E-state index is 11.5. The molecule has 0 unspecified atom stereocenters. The van der Waals surface area contributed by atoms with Crippen LogP contribution in [0, 0.1) is 6.92 Å². The second-order valence-corrected chi connectivity index (χ2v) is 5.75. The zero-order valence-electron chi connectivity index (χ0n) is 11.7. The summed E-state index contributed by atoms with van der Waals surface area (Å²) in [5, 5.41) is 0. The number of nitrogens with two attached hydrogens (primary N) is 1. The first-order valence-electron chi connectivity index (χ1n) is 7.06. The van der Waals surface area contributed by atoms with E-state index in [1.807, 2.05) is 0 Å². The van der Waals surface area contributed by atoms with Gasteiger partial charge in [-0.05, 0) is 48.4 Å². The average molecular weight is 265 g/mol. The fraction of sp³-hybridized carbons (Fsp3) is 0.278. The van der Waals surface area contributed by atoms with Gasteiger partial charge < -0.3 is 5.73 Å².